The van der Waals surface area contributed by atoms with E-state index in [1.54, 1.807) is 0 Å². The van der Waals surface area contributed by atoms with Crippen molar-refractivity contribution in [1.82, 2.24) is 0 Å². The molecule has 8 heteroatoms. The van der Waals surface area contributed by atoms with Gasteiger partial charge in [-0.05, 0) is 37.1 Å². The number of halogens is 6. The Bertz CT molecular complexity index is 760. The number of benzene rings is 2. The average Bonchev–Trinajstić information content (AvgIpc) is 3.04. The zero-order valence-electron chi connectivity index (χ0n) is 12.8. The van der Waals surface area contributed by atoms with Gasteiger partial charge in [-0.2, -0.15) is 13.2 Å². The van der Waals surface area contributed by atoms with E-state index in [0.29, 0.717) is 18.8 Å². The second kappa shape index (κ2) is 6.50. The van der Waals surface area contributed by atoms with E-state index >= 15 is 0 Å². The van der Waals surface area contributed by atoms with Crippen LogP contribution in [0.5, 0.6) is 11.5 Å². The van der Waals surface area contributed by atoms with Crippen LogP contribution in [0.3, 0.4) is 0 Å². The number of anilines is 1. The second-order valence-electron chi connectivity index (χ2n) is 5.68. The van der Waals surface area contributed by atoms with E-state index in [1.165, 1.54) is 12.1 Å². The van der Waals surface area contributed by atoms with Crippen LogP contribution in [-0.2, 0) is 6.18 Å². The Morgan fingerprint density at radius 3 is 1.96 bits per heavy atom. The molecule has 25 heavy (non-hydrogen) atoms. The maximum absolute atomic E-state index is 14.2. The Hall–Kier alpha value is -2.38. The minimum absolute atomic E-state index is 0.132. The number of hydrogen-bond acceptors (Lipinski definition) is 2. The van der Waals surface area contributed by atoms with Crippen LogP contribution in [0.15, 0.2) is 30.3 Å². The molecule has 2 aromatic rings. The first kappa shape index (κ1) is 17.4. The fraction of sp³-hybridized carbons (Fsp3) is 0.294. The summed E-state index contributed by atoms with van der Waals surface area (Å²) >= 11 is 0. The lowest BCUT2D eigenvalue weighted by Gasteiger charge is -2.19. The Balaban J connectivity index is 1.86. The van der Waals surface area contributed by atoms with Crippen LogP contribution in [0.4, 0.5) is 32.0 Å². The third-order valence-electron chi connectivity index (χ3n) is 3.91. The van der Waals surface area contributed by atoms with Crippen molar-refractivity contribution in [2.24, 2.45) is 0 Å². The van der Waals surface area contributed by atoms with Gasteiger partial charge < -0.3 is 9.64 Å². The minimum Gasteiger partial charge on any atom is -0.451 e. The number of hydrogen-bond donors (Lipinski definition) is 0. The van der Waals surface area contributed by atoms with Gasteiger partial charge in [0.15, 0.2) is 17.4 Å². The number of nitrogens with zero attached hydrogens (tertiary/aromatic N) is 1. The quantitative estimate of drug-likeness (QED) is 0.668. The topological polar surface area (TPSA) is 12.5 Å². The Kier molecular flexibility index (Phi) is 4.53. The molecule has 1 fully saturated rings. The molecule has 1 saturated heterocycles. The first-order valence-electron chi connectivity index (χ1n) is 7.54. The highest BCUT2D eigenvalue weighted by Gasteiger charge is 2.33. The molecule has 134 valence electrons. The van der Waals surface area contributed by atoms with Crippen molar-refractivity contribution in [2.45, 2.75) is 19.0 Å². The van der Waals surface area contributed by atoms with Gasteiger partial charge in [0.2, 0.25) is 0 Å². The molecule has 0 unspecified atom stereocenters. The Morgan fingerprint density at radius 1 is 0.840 bits per heavy atom. The Labute approximate surface area is 139 Å². The summed E-state index contributed by atoms with van der Waals surface area (Å²) in [6.45, 7) is 1.42. The smallest absolute Gasteiger partial charge is 0.416 e. The van der Waals surface area contributed by atoms with Crippen molar-refractivity contribution in [2.75, 3.05) is 18.0 Å². The summed E-state index contributed by atoms with van der Waals surface area (Å²) in [6, 6.07) is 3.94. The molecular weight excluding hydrogens is 348 g/mol. The first-order valence-corrected chi connectivity index (χ1v) is 7.54. The van der Waals surface area contributed by atoms with Crippen molar-refractivity contribution in [3.63, 3.8) is 0 Å². The molecule has 1 heterocycles. The molecule has 0 amide bonds. The summed E-state index contributed by atoms with van der Waals surface area (Å²) < 4.78 is 84.2. The summed E-state index contributed by atoms with van der Waals surface area (Å²) in [5.74, 6) is -4.89. The zero-order chi connectivity index (χ0) is 18.2. The maximum Gasteiger partial charge on any atom is 0.416 e. The highest BCUT2D eigenvalue weighted by molar-refractivity contribution is 5.52. The van der Waals surface area contributed by atoms with E-state index in [0.717, 1.165) is 18.9 Å². The third kappa shape index (κ3) is 3.67. The molecule has 0 bridgehead atoms. The molecule has 0 N–H and O–H groups in total. The van der Waals surface area contributed by atoms with E-state index in [2.05, 4.69) is 0 Å². The fourth-order valence-corrected chi connectivity index (χ4v) is 2.70. The van der Waals surface area contributed by atoms with Gasteiger partial charge in [-0.25, -0.2) is 13.2 Å². The average molecular weight is 361 g/mol. The van der Waals surface area contributed by atoms with E-state index < -0.39 is 34.9 Å². The molecule has 0 aliphatic carbocycles. The predicted molar refractivity (Wildman–Crippen MR) is 79.3 cm³/mol. The second-order valence-corrected chi connectivity index (χ2v) is 5.68. The molecule has 0 atom stereocenters. The highest BCUT2D eigenvalue weighted by atomic mass is 19.4. The van der Waals surface area contributed by atoms with Crippen LogP contribution in [0.1, 0.15) is 18.4 Å². The van der Waals surface area contributed by atoms with Gasteiger partial charge in [0.1, 0.15) is 11.6 Å². The summed E-state index contributed by atoms with van der Waals surface area (Å²) in [7, 11) is 0. The van der Waals surface area contributed by atoms with Gasteiger partial charge in [-0.3, -0.25) is 0 Å². The zero-order valence-corrected chi connectivity index (χ0v) is 12.8. The number of alkyl halides is 3. The van der Waals surface area contributed by atoms with Crippen molar-refractivity contribution >= 4 is 5.69 Å². The summed E-state index contributed by atoms with van der Waals surface area (Å²) in [6.07, 6.45) is -3.00. The van der Waals surface area contributed by atoms with E-state index in [-0.39, 0.29) is 17.9 Å². The van der Waals surface area contributed by atoms with Gasteiger partial charge in [0.25, 0.3) is 0 Å². The highest BCUT2D eigenvalue weighted by Crippen LogP contribution is 2.36. The van der Waals surface area contributed by atoms with Crippen LogP contribution in [0, 0.1) is 17.5 Å². The van der Waals surface area contributed by atoms with Crippen LogP contribution < -0.4 is 9.64 Å². The van der Waals surface area contributed by atoms with Gasteiger partial charge >= 0.3 is 6.18 Å². The van der Waals surface area contributed by atoms with Gasteiger partial charge in [0.05, 0.1) is 11.3 Å². The van der Waals surface area contributed by atoms with Crippen LogP contribution in [0.2, 0.25) is 0 Å². The predicted octanol–water partition coefficient (Wildman–Crippen LogP) is 5.52. The monoisotopic (exact) mass is 361 g/mol. The molecule has 0 spiro atoms. The van der Waals surface area contributed by atoms with Gasteiger partial charge in [0, 0.05) is 19.2 Å². The molecule has 0 saturated carbocycles. The standard InChI is InChI=1S/C17H13F6NO/c18-12-9-11(3-4-15(12)24-5-1-2-6-24)25-16-13(19)7-10(8-14(16)20)17(21,22)23/h3-4,7-9H,1-2,5-6H2. The summed E-state index contributed by atoms with van der Waals surface area (Å²) in [5, 5.41) is 0. The molecule has 2 nitrogen and oxygen atoms in total. The number of rotatable bonds is 3. The minimum atomic E-state index is -4.89. The van der Waals surface area contributed by atoms with Crippen LogP contribution in [-0.4, -0.2) is 13.1 Å². The SMILES string of the molecule is Fc1cc(Oc2c(F)cc(C(F)(F)F)cc2F)ccc1N1CCCC1. The molecule has 1 aliphatic heterocycles. The van der Waals surface area contributed by atoms with Gasteiger partial charge in [-0.15, -0.1) is 0 Å². The first-order chi connectivity index (χ1) is 11.8. The normalized spacial score (nSPS) is 14.9. The van der Waals surface area contributed by atoms with Crippen molar-refractivity contribution in [3.05, 3.63) is 53.3 Å². The lowest BCUT2D eigenvalue weighted by atomic mass is 10.2. The summed E-state index contributed by atoms with van der Waals surface area (Å²) in [5.41, 5.74) is -1.12. The fourth-order valence-electron chi connectivity index (χ4n) is 2.70. The molecule has 2 aromatic carbocycles. The van der Waals surface area contributed by atoms with Crippen molar-refractivity contribution < 1.29 is 31.1 Å². The number of ether oxygens (including phenoxy) is 1. The lowest BCUT2D eigenvalue weighted by molar-refractivity contribution is -0.138. The largest absolute Gasteiger partial charge is 0.451 e. The summed E-state index contributed by atoms with van der Waals surface area (Å²) in [4.78, 5) is 1.83. The van der Waals surface area contributed by atoms with E-state index in [1.807, 2.05) is 4.90 Å². The van der Waals surface area contributed by atoms with E-state index in [9.17, 15) is 26.3 Å². The van der Waals surface area contributed by atoms with Crippen molar-refractivity contribution in [1.29, 1.82) is 0 Å². The van der Waals surface area contributed by atoms with Gasteiger partial charge in [-0.1, -0.05) is 0 Å². The van der Waals surface area contributed by atoms with Crippen molar-refractivity contribution in [3.8, 4) is 11.5 Å². The molecular formula is C17H13F6NO. The lowest BCUT2D eigenvalue weighted by Crippen LogP contribution is -2.18. The molecule has 0 aromatic heterocycles. The Morgan fingerprint density at radius 2 is 1.44 bits per heavy atom. The van der Waals surface area contributed by atoms with E-state index in [4.69, 9.17) is 4.74 Å². The molecule has 0 radical (unpaired) electrons. The van der Waals surface area contributed by atoms with Crippen LogP contribution >= 0.6 is 0 Å². The molecule has 1 aliphatic rings. The maximum atomic E-state index is 14.2. The molecule has 3 rings (SSSR count). The van der Waals surface area contributed by atoms with Crippen LogP contribution in [0.25, 0.3) is 0 Å². The third-order valence-corrected chi connectivity index (χ3v) is 3.91.